The fourth-order valence-electron chi connectivity index (χ4n) is 2.77. The number of benzene rings is 2. The number of esters is 1. The van der Waals surface area contributed by atoms with Crippen LogP contribution in [0.25, 0.3) is 11.0 Å². The van der Waals surface area contributed by atoms with E-state index >= 15 is 0 Å². The lowest BCUT2D eigenvalue weighted by Crippen LogP contribution is -2.19. The monoisotopic (exact) mass is 367 g/mol. The van der Waals surface area contributed by atoms with Crippen LogP contribution in [0.1, 0.15) is 24.0 Å². The summed E-state index contributed by atoms with van der Waals surface area (Å²) in [4.78, 5) is 28.8. The largest absolute Gasteiger partial charge is 0.494 e. The molecule has 0 fully saturated rings. The highest BCUT2D eigenvalue weighted by Crippen LogP contribution is 2.20. The van der Waals surface area contributed by atoms with Gasteiger partial charge in [0, 0.05) is 12.2 Å². The van der Waals surface area contributed by atoms with Crippen molar-refractivity contribution in [1.82, 2.24) is 9.55 Å². The maximum atomic E-state index is 12.8. The van der Waals surface area contributed by atoms with Crippen molar-refractivity contribution >= 4 is 28.6 Å². The first kappa shape index (κ1) is 18.4. The minimum Gasteiger partial charge on any atom is -0.494 e. The number of amides is 1. The number of methoxy groups -OCH3 is 1. The number of hydrogen-bond acceptors (Lipinski definition) is 5. The maximum absolute atomic E-state index is 12.8. The first-order chi connectivity index (χ1) is 13.1. The van der Waals surface area contributed by atoms with Crippen molar-refractivity contribution in [3.63, 3.8) is 0 Å². The number of aryl methyl sites for hydroxylation is 1. The van der Waals surface area contributed by atoms with Gasteiger partial charge in [0.05, 0.1) is 31.2 Å². The molecule has 1 aromatic heterocycles. The van der Waals surface area contributed by atoms with Gasteiger partial charge in [0.25, 0.3) is 5.91 Å². The molecule has 0 radical (unpaired) electrons. The summed E-state index contributed by atoms with van der Waals surface area (Å²) in [6, 6.07) is 14.5. The van der Waals surface area contributed by atoms with Gasteiger partial charge in [-0.1, -0.05) is 12.1 Å². The van der Waals surface area contributed by atoms with Gasteiger partial charge in [-0.05, 0) is 43.3 Å². The number of imidazole rings is 1. The average molecular weight is 367 g/mol. The molecule has 1 amide bonds. The molecular formula is C20H21N3O4. The highest BCUT2D eigenvalue weighted by Gasteiger charge is 2.18. The standard InChI is InChI=1S/C20H21N3O4/c1-3-27-15-10-8-14(9-11-15)21-20(25)19-22-16-6-4-5-7-17(16)23(19)13-12-18(24)26-2/h4-11H,3,12-13H2,1-2H3,(H,21,25). The zero-order valence-corrected chi connectivity index (χ0v) is 15.3. The van der Waals surface area contributed by atoms with Gasteiger partial charge in [-0.3, -0.25) is 9.59 Å². The van der Waals surface area contributed by atoms with Crippen LogP contribution in [0.3, 0.4) is 0 Å². The van der Waals surface area contributed by atoms with E-state index in [2.05, 4.69) is 10.3 Å². The summed E-state index contributed by atoms with van der Waals surface area (Å²) in [6.45, 7) is 2.80. The van der Waals surface area contributed by atoms with Crippen LogP contribution >= 0.6 is 0 Å². The lowest BCUT2D eigenvalue weighted by atomic mass is 10.3. The van der Waals surface area contributed by atoms with E-state index in [1.54, 1.807) is 28.8 Å². The SMILES string of the molecule is CCOc1ccc(NC(=O)c2nc3ccccc3n2CCC(=O)OC)cc1. The summed E-state index contributed by atoms with van der Waals surface area (Å²) in [5.74, 6) is 0.292. The minimum atomic E-state index is -0.347. The van der Waals surface area contributed by atoms with Crippen molar-refractivity contribution in [2.24, 2.45) is 0 Å². The number of anilines is 1. The van der Waals surface area contributed by atoms with E-state index in [9.17, 15) is 9.59 Å². The van der Waals surface area contributed by atoms with E-state index in [0.29, 0.717) is 24.4 Å². The van der Waals surface area contributed by atoms with Gasteiger partial charge in [0.2, 0.25) is 0 Å². The quantitative estimate of drug-likeness (QED) is 0.648. The number of nitrogens with one attached hydrogen (secondary N) is 1. The molecular weight excluding hydrogens is 346 g/mol. The van der Waals surface area contributed by atoms with Crippen molar-refractivity contribution < 1.29 is 19.1 Å². The number of aromatic nitrogens is 2. The van der Waals surface area contributed by atoms with Crippen molar-refractivity contribution in [2.75, 3.05) is 19.0 Å². The predicted octanol–water partition coefficient (Wildman–Crippen LogP) is 3.25. The van der Waals surface area contributed by atoms with Crippen molar-refractivity contribution in [3.05, 3.63) is 54.4 Å². The molecule has 27 heavy (non-hydrogen) atoms. The Kier molecular flexibility index (Phi) is 5.71. The van der Waals surface area contributed by atoms with Crippen LogP contribution in [-0.2, 0) is 16.1 Å². The smallest absolute Gasteiger partial charge is 0.307 e. The highest BCUT2D eigenvalue weighted by atomic mass is 16.5. The second-order valence-corrected chi connectivity index (χ2v) is 5.81. The van der Waals surface area contributed by atoms with Gasteiger partial charge in [0.15, 0.2) is 5.82 Å². The van der Waals surface area contributed by atoms with Crippen LogP contribution in [0.2, 0.25) is 0 Å². The topological polar surface area (TPSA) is 82.5 Å². The number of para-hydroxylation sites is 2. The molecule has 140 valence electrons. The molecule has 7 heteroatoms. The van der Waals surface area contributed by atoms with Gasteiger partial charge < -0.3 is 19.4 Å². The third-order valence-corrected chi connectivity index (χ3v) is 4.05. The minimum absolute atomic E-state index is 0.153. The number of carbonyl (C=O) groups excluding carboxylic acids is 2. The Labute approximate surface area is 156 Å². The third kappa shape index (κ3) is 4.25. The highest BCUT2D eigenvalue weighted by molar-refractivity contribution is 6.03. The Balaban J connectivity index is 1.85. The lowest BCUT2D eigenvalue weighted by Gasteiger charge is -2.10. The molecule has 0 saturated carbocycles. The van der Waals surface area contributed by atoms with Crippen LogP contribution in [0.5, 0.6) is 5.75 Å². The number of carbonyl (C=O) groups is 2. The van der Waals surface area contributed by atoms with Crippen LogP contribution < -0.4 is 10.1 Å². The molecule has 7 nitrogen and oxygen atoms in total. The summed E-state index contributed by atoms with van der Waals surface area (Å²) >= 11 is 0. The molecule has 0 aliphatic heterocycles. The molecule has 3 aromatic rings. The molecule has 0 aliphatic rings. The number of nitrogens with zero attached hydrogens (tertiary/aromatic N) is 2. The van der Waals surface area contributed by atoms with Gasteiger partial charge >= 0.3 is 5.97 Å². The van der Waals surface area contributed by atoms with E-state index in [0.717, 1.165) is 11.3 Å². The molecule has 0 atom stereocenters. The number of ether oxygens (including phenoxy) is 2. The second-order valence-electron chi connectivity index (χ2n) is 5.81. The van der Waals surface area contributed by atoms with E-state index in [1.807, 2.05) is 31.2 Å². The predicted molar refractivity (Wildman–Crippen MR) is 102 cm³/mol. The Morgan fingerprint density at radius 3 is 2.56 bits per heavy atom. The van der Waals surface area contributed by atoms with Crippen molar-refractivity contribution in [2.45, 2.75) is 19.9 Å². The molecule has 3 rings (SSSR count). The molecule has 0 spiro atoms. The van der Waals surface area contributed by atoms with Gasteiger partial charge in [-0.15, -0.1) is 0 Å². The Morgan fingerprint density at radius 1 is 1.11 bits per heavy atom. The molecule has 0 aliphatic carbocycles. The molecule has 1 heterocycles. The fourth-order valence-corrected chi connectivity index (χ4v) is 2.77. The molecule has 0 unspecified atom stereocenters. The van der Waals surface area contributed by atoms with Gasteiger partial charge in [0.1, 0.15) is 5.75 Å². The van der Waals surface area contributed by atoms with Gasteiger partial charge in [-0.25, -0.2) is 4.98 Å². The summed E-state index contributed by atoms with van der Waals surface area (Å²) in [5.41, 5.74) is 2.12. The third-order valence-electron chi connectivity index (χ3n) is 4.05. The van der Waals surface area contributed by atoms with Gasteiger partial charge in [-0.2, -0.15) is 0 Å². The van der Waals surface area contributed by atoms with Crippen LogP contribution in [0.4, 0.5) is 5.69 Å². The summed E-state index contributed by atoms with van der Waals surface area (Å²) in [6.07, 6.45) is 0.153. The number of rotatable bonds is 7. The maximum Gasteiger partial charge on any atom is 0.307 e. The molecule has 1 N–H and O–H groups in total. The lowest BCUT2D eigenvalue weighted by molar-refractivity contribution is -0.140. The Hall–Kier alpha value is -3.35. The normalized spacial score (nSPS) is 10.6. The van der Waals surface area contributed by atoms with E-state index in [1.165, 1.54) is 7.11 Å². The number of hydrogen-bond donors (Lipinski definition) is 1. The van der Waals surface area contributed by atoms with Crippen LogP contribution in [0.15, 0.2) is 48.5 Å². The zero-order valence-electron chi connectivity index (χ0n) is 15.3. The molecule has 2 aromatic carbocycles. The van der Waals surface area contributed by atoms with Crippen molar-refractivity contribution in [1.29, 1.82) is 0 Å². The van der Waals surface area contributed by atoms with Crippen LogP contribution in [-0.4, -0.2) is 35.1 Å². The average Bonchev–Trinajstić information content (AvgIpc) is 3.06. The van der Waals surface area contributed by atoms with Crippen molar-refractivity contribution in [3.8, 4) is 5.75 Å². The summed E-state index contributed by atoms with van der Waals surface area (Å²) in [5, 5.41) is 2.84. The van der Waals surface area contributed by atoms with E-state index in [-0.39, 0.29) is 24.1 Å². The summed E-state index contributed by atoms with van der Waals surface area (Å²) in [7, 11) is 1.34. The molecule has 0 bridgehead atoms. The van der Waals surface area contributed by atoms with E-state index in [4.69, 9.17) is 9.47 Å². The second kappa shape index (κ2) is 8.35. The molecule has 0 saturated heterocycles. The first-order valence-corrected chi connectivity index (χ1v) is 8.68. The number of fused-ring (bicyclic) bond motifs is 1. The Morgan fingerprint density at radius 2 is 1.85 bits per heavy atom. The zero-order chi connectivity index (χ0) is 19.2. The fraction of sp³-hybridized carbons (Fsp3) is 0.250. The first-order valence-electron chi connectivity index (χ1n) is 8.68. The Bertz CT molecular complexity index is 948. The van der Waals surface area contributed by atoms with Crippen LogP contribution in [0, 0.1) is 0 Å². The van der Waals surface area contributed by atoms with E-state index < -0.39 is 0 Å². The summed E-state index contributed by atoms with van der Waals surface area (Å²) < 4.78 is 11.8.